The average molecular weight is 494 g/mol. The van der Waals surface area contributed by atoms with Gasteiger partial charge in [-0.25, -0.2) is 0 Å². The van der Waals surface area contributed by atoms with Crippen LogP contribution in [0.2, 0.25) is 10.0 Å². The molecule has 0 atom stereocenters. The van der Waals surface area contributed by atoms with E-state index in [-0.39, 0.29) is 30.5 Å². The van der Waals surface area contributed by atoms with Crippen LogP contribution in [0.4, 0.5) is 4.79 Å². The van der Waals surface area contributed by atoms with Crippen molar-refractivity contribution >= 4 is 64.0 Å². The maximum Gasteiger partial charge on any atom is 0.293 e. The van der Waals surface area contributed by atoms with E-state index in [1.54, 1.807) is 18.2 Å². The molecule has 3 N–H and O–H groups in total. The Hall–Kier alpha value is -3.01. The molecule has 1 aliphatic heterocycles. The third-order valence-corrected chi connectivity index (χ3v) is 5.71. The number of carbonyl (C=O) groups is 4. The van der Waals surface area contributed by atoms with Crippen molar-refractivity contribution in [2.24, 2.45) is 5.73 Å². The van der Waals surface area contributed by atoms with Gasteiger partial charge in [0.05, 0.1) is 4.91 Å². The maximum absolute atomic E-state index is 12.6. The summed E-state index contributed by atoms with van der Waals surface area (Å²) in [4.78, 5) is 49.1. The molecule has 11 heteroatoms. The van der Waals surface area contributed by atoms with E-state index < -0.39 is 17.1 Å². The van der Waals surface area contributed by atoms with E-state index in [2.05, 4.69) is 5.32 Å². The number of nitrogens with zero attached hydrogens (tertiary/aromatic N) is 1. The first-order chi connectivity index (χ1) is 15.2. The fourth-order valence-electron chi connectivity index (χ4n) is 2.69. The monoisotopic (exact) mass is 493 g/mol. The van der Waals surface area contributed by atoms with E-state index in [0.717, 1.165) is 16.7 Å². The second-order valence-electron chi connectivity index (χ2n) is 6.53. The molecule has 3 rings (SSSR count). The molecule has 0 spiro atoms. The van der Waals surface area contributed by atoms with Crippen LogP contribution in [0.25, 0.3) is 6.08 Å². The van der Waals surface area contributed by atoms with Crippen LogP contribution in [-0.2, 0) is 9.59 Å². The Balaban J connectivity index is 1.55. The number of primary amides is 1. The van der Waals surface area contributed by atoms with Crippen molar-refractivity contribution in [1.29, 1.82) is 0 Å². The number of benzene rings is 2. The van der Waals surface area contributed by atoms with Crippen LogP contribution in [0.3, 0.4) is 0 Å². The van der Waals surface area contributed by atoms with Gasteiger partial charge < -0.3 is 15.8 Å². The minimum Gasteiger partial charge on any atom is -0.484 e. The SMILES string of the molecule is NC(=O)COc1ccc(C(=O)NCCN2C(=O)S/C(=C\c3ccc(Cl)cc3Cl)C2=O)cc1. The maximum atomic E-state index is 12.6. The number of thioether (sulfide) groups is 1. The molecule has 1 aliphatic rings. The summed E-state index contributed by atoms with van der Waals surface area (Å²) in [6.45, 7) is -0.171. The topological polar surface area (TPSA) is 119 Å². The third kappa shape index (κ3) is 6.03. The van der Waals surface area contributed by atoms with Crippen LogP contribution >= 0.6 is 35.0 Å². The number of rotatable bonds is 8. The van der Waals surface area contributed by atoms with Crippen molar-refractivity contribution < 1.29 is 23.9 Å². The fraction of sp³-hybridized carbons (Fsp3) is 0.143. The number of hydrogen-bond donors (Lipinski definition) is 2. The summed E-state index contributed by atoms with van der Waals surface area (Å²) in [5, 5.41) is 3.04. The molecule has 0 aromatic heterocycles. The van der Waals surface area contributed by atoms with Gasteiger partial charge in [-0.1, -0.05) is 29.3 Å². The van der Waals surface area contributed by atoms with Crippen LogP contribution in [0.15, 0.2) is 47.4 Å². The molecule has 0 unspecified atom stereocenters. The van der Waals surface area contributed by atoms with E-state index in [0.29, 0.717) is 26.9 Å². The molecule has 0 saturated carbocycles. The van der Waals surface area contributed by atoms with Gasteiger partial charge in [0, 0.05) is 28.7 Å². The number of ether oxygens (including phenoxy) is 1. The lowest BCUT2D eigenvalue weighted by molar-refractivity contribution is -0.122. The highest BCUT2D eigenvalue weighted by Gasteiger charge is 2.34. The summed E-state index contributed by atoms with van der Waals surface area (Å²) >= 11 is 12.8. The molecule has 8 nitrogen and oxygen atoms in total. The Bertz CT molecular complexity index is 1110. The first-order valence-corrected chi connectivity index (χ1v) is 10.8. The third-order valence-electron chi connectivity index (χ3n) is 4.24. The quantitative estimate of drug-likeness (QED) is 0.544. The van der Waals surface area contributed by atoms with E-state index in [1.165, 1.54) is 30.3 Å². The molecular weight excluding hydrogens is 477 g/mol. The van der Waals surface area contributed by atoms with Crippen molar-refractivity contribution in [3.63, 3.8) is 0 Å². The van der Waals surface area contributed by atoms with Gasteiger partial charge in [0.15, 0.2) is 6.61 Å². The number of nitrogens with one attached hydrogen (secondary N) is 1. The minimum absolute atomic E-state index is 0.0158. The van der Waals surface area contributed by atoms with Gasteiger partial charge in [0.1, 0.15) is 5.75 Å². The number of carbonyl (C=O) groups excluding carboxylic acids is 4. The van der Waals surface area contributed by atoms with E-state index in [1.807, 2.05) is 0 Å². The van der Waals surface area contributed by atoms with Crippen LogP contribution in [0.5, 0.6) is 5.75 Å². The zero-order valence-electron chi connectivity index (χ0n) is 16.5. The molecule has 1 saturated heterocycles. The largest absolute Gasteiger partial charge is 0.484 e. The van der Waals surface area contributed by atoms with E-state index in [9.17, 15) is 19.2 Å². The van der Waals surface area contributed by atoms with Gasteiger partial charge in [0.25, 0.3) is 23.0 Å². The summed E-state index contributed by atoms with van der Waals surface area (Å²) < 4.78 is 5.13. The number of nitrogens with two attached hydrogens (primary N) is 1. The highest BCUT2D eigenvalue weighted by Crippen LogP contribution is 2.33. The molecule has 32 heavy (non-hydrogen) atoms. The molecule has 2 aromatic rings. The predicted molar refractivity (Wildman–Crippen MR) is 123 cm³/mol. The lowest BCUT2D eigenvalue weighted by Gasteiger charge is -2.13. The highest BCUT2D eigenvalue weighted by molar-refractivity contribution is 8.18. The number of hydrogen-bond acceptors (Lipinski definition) is 6. The van der Waals surface area contributed by atoms with Crippen LogP contribution < -0.4 is 15.8 Å². The molecule has 1 fully saturated rings. The molecule has 166 valence electrons. The van der Waals surface area contributed by atoms with Gasteiger partial charge in [0.2, 0.25) is 0 Å². The van der Waals surface area contributed by atoms with Crippen molar-refractivity contribution in [3.05, 3.63) is 68.5 Å². The Kier molecular flexibility index (Phi) is 7.79. The van der Waals surface area contributed by atoms with Crippen molar-refractivity contribution in [2.75, 3.05) is 19.7 Å². The summed E-state index contributed by atoms with van der Waals surface area (Å²) in [6, 6.07) is 10.9. The molecule has 0 bridgehead atoms. The van der Waals surface area contributed by atoms with Gasteiger partial charge in [-0.15, -0.1) is 0 Å². The van der Waals surface area contributed by atoms with Gasteiger partial charge >= 0.3 is 0 Å². The molecule has 0 radical (unpaired) electrons. The van der Waals surface area contributed by atoms with Gasteiger partial charge in [-0.3, -0.25) is 24.1 Å². The molecule has 0 aliphatic carbocycles. The minimum atomic E-state index is -0.606. The molecule has 4 amide bonds. The first kappa shape index (κ1) is 23.6. The zero-order valence-corrected chi connectivity index (χ0v) is 18.8. The first-order valence-electron chi connectivity index (χ1n) is 9.24. The zero-order chi connectivity index (χ0) is 23.3. The average Bonchev–Trinajstić information content (AvgIpc) is 3.01. The van der Waals surface area contributed by atoms with Crippen LogP contribution in [-0.4, -0.2) is 47.6 Å². The van der Waals surface area contributed by atoms with E-state index >= 15 is 0 Å². The Morgan fingerprint density at radius 3 is 2.50 bits per heavy atom. The second-order valence-corrected chi connectivity index (χ2v) is 8.37. The smallest absolute Gasteiger partial charge is 0.293 e. The van der Waals surface area contributed by atoms with Crippen molar-refractivity contribution in [3.8, 4) is 5.75 Å². The highest BCUT2D eigenvalue weighted by atomic mass is 35.5. The Morgan fingerprint density at radius 2 is 1.84 bits per heavy atom. The fourth-order valence-corrected chi connectivity index (χ4v) is 4.01. The second kappa shape index (κ2) is 10.5. The number of imide groups is 1. The van der Waals surface area contributed by atoms with Gasteiger partial charge in [-0.05, 0) is 59.8 Å². The summed E-state index contributed by atoms with van der Waals surface area (Å²) in [5.41, 5.74) is 5.93. The predicted octanol–water partition coefficient (Wildman–Crippen LogP) is 3.32. The van der Waals surface area contributed by atoms with Crippen LogP contribution in [0, 0.1) is 0 Å². The number of halogens is 2. The number of amides is 4. The molecule has 2 aromatic carbocycles. The Labute approximate surface area is 197 Å². The molecule has 1 heterocycles. The van der Waals surface area contributed by atoms with Crippen molar-refractivity contribution in [1.82, 2.24) is 10.2 Å². The standard InChI is InChI=1S/C21H17Cl2N3O5S/c22-14-4-1-13(16(23)10-14)9-17-20(29)26(21(30)32-17)8-7-25-19(28)12-2-5-15(6-3-12)31-11-18(24)27/h1-6,9-10H,7-8,11H2,(H2,24,27)(H,25,28)/b17-9-. The van der Waals surface area contributed by atoms with Crippen LogP contribution in [0.1, 0.15) is 15.9 Å². The van der Waals surface area contributed by atoms with Gasteiger partial charge in [-0.2, -0.15) is 0 Å². The Morgan fingerprint density at radius 1 is 1.12 bits per heavy atom. The van der Waals surface area contributed by atoms with E-state index in [4.69, 9.17) is 33.7 Å². The summed E-state index contributed by atoms with van der Waals surface area (Å²) in [6.07, 6.45) is 1.53. The molecular formula is C21H17Cl2N3O5S. The lowest BCUT2D eigenvalue weighted by atomic mass is 10.2. The summed E-state index contributed by atoms with van der Waals surface area (Å²) in [5.74, 6) is -1.06. The normalized spacial score (nSPS) is 14.7. The van der Waals surface area contributed by atoms with Crippen molar-refractivity contribution in [2.45, 2.75) is 0 Å². The summed E-state index contributed by atoms with van der Waals surface area (Å²) in [7, 11) is 0. The lowest BCUT2D eigenvalue weighted by Crippen LogP contribution is -2.37.